The van der Waals surface area contributed by atoms with E-state index in [4.69, 9.17) is 16.3 Å². The molecule has 20 heavy (non-hydrogen) atoms. The zero-order chi connectivity index (χ0) is 14.5. The van der Waals surface area contributed by atoms with Crippen LogP contribution in [0.15, 0.2) is 46.9 Å². The maximum Gasteiger partial charge on any atom is 0.262 e. The number of hydrogen-bond acceptors (Lipinski definition) is 2. The number of anilines is 1. The number of carbonyl (C=O) groups excluding carboxylic acids is 1. The zero-order valence-electron chi connectivity index (χ0n) is 10.8. The minimum Gasteiger partial charge on any atom is -0.484 e. The van der Waals surface area contributed by atoms with Gasteiger partial charge >= 0.3 is 0 Å². The van der Waals surface area contributed by atoms with Crippen molar-refractivity contribution in [3.8, 4) is 5.75 Å². The van der Waals surface area contributed by atoms with Gasteiger partial charge < -0.3 is 10.1 Å². The van der Waals surface area contributed by atoms with E-state index >= 15 is 0 Å². The highest BCUT2D eigenvalue weighted by atomic mass is 79.9. The van der Waals surface area contributed by atoms with Crippen molar-refractivity contribution >= 4 is 39.1 Å². The molecule has 0 aliphatic rings. The van der Waals surface area contributed by atoms with Crippen molar-refractivity contribution in [3.05, 3.63) is 57.5 Å². The van der Waals surface area contributed by atoms with Crippen LogP contribution >= 0.6 is 27.5 Å². The molecule has 0 saturated heterocycles. The summed E-state index contributed by atoms with van der Waals surface area (Å²) < 4.78 is 6.44. The molecule has 1 amide bonds. The van der Waals surface area contributed by atoms with Crippen LogP contribution in [0.4, 0.5) is 5.69 Å². The van der Waals surface area contributed by atoms with E-state index in [1.54, 1.807) is 30.3 Å². The molecule has 2 aromatic rings. The first kappa shape index (κ1) is 14.9. The lowest BCUT2D eigenvalue weighted by molar-refractivity contribution is -0.118. The highest BCUT2D eigenvalue weighted by Crippen LogP contribution is 2.22. The standard InChI is InChI=1S/C15H13BrClNO2/c1-10-8-11(6-7-12(10)16)20-9-15(19)18-14-5-3-2-4-13(14)17/h2-8H,9H2,1H3,(H,18,19). The van der Waals surface area contributed by atoms with Crippen LogP contribution in [-0.2, 0) is 4.79 Å². The van der Waals surface area contributed by atoms with E-state index in [0.29, 0.717) is 16.5 Å². The summed E-state index contributed by atoms with van der Waals surface area (Å²) in [5, 5.41) is 3.20. The van der Waals surface area contributed by atoms with Crippen LogP contribution in [0.3, 0.4) is 0 Å². The van der Waals surface area contributed by atoms with Gasteiger partial charge in [-0.2, -0.15) is 0 Å². The Hall–Kier alpha value is -1.52. The normalized spacial score (nSPS) is 10.2. The van der Waals surface area contributed by atoms with Crippen LogP contribution in [-0.4, -0.2) is 12.5 Å². The molecular formula is C15H13BrClNO2. The van der Waals surface area contributed by atoms with Crippen molar-refractivity contribution in [1.29, 1.82) is 0 Å². The number of para-hydroxylation sites is 1. The molecule has 0 radical (unpaired) electrons. The summed E-state index contributed by atoms with van der Waals surface area (Å²) in [6.45, 7) is 1.90. The van der Waals surface area contributed by atoms with Gasteiger partial charge in [0.05, 0.1) is 10.7 Å². The molecule has 0 spiro atoms. The van der Waals surface area contributed by atoms with Crippen molar-refractivity contribution in [3.63, 3.8) is 0 Å². The minimum absolute atomic E-state index is 0.0632. The van der Waals surface area contributed by atoms with Crippen molar-refractivity contribution in [2.75, 3.05) is 11.9 Å². The number of nitrogens with one attached hydrogen (secondary N) is 1. The largest absolute Gasteiger partial charge is 0.484 e. The minimum atomic E-state index is -0.251. The first-order chi connectivity index (χ1) is 9.56. The lowest BCUT2D eigenvalue weighted by Gasteiger charge is -2.09. The van der Waals surface area contributed by atoms with Gasteiger partial charge in [0, 0.05) is 4.47 Å². The van der Waals surface area contributed by atoms with Crippen LogP contribution in [0.2, 0.25) is 5.02 Å². The Morgan fingerprint density at radius 2 is 2.05 bits per heavy atom. The fraction of sp³-hybridized carbons (Fsp3) is 0.133. The maximum absolute atomic E-state index is 11.8. The number of hydrogen-bond donors (Lipinski definition) is 1. The van der Waals surface area contributed by atoms with Crippen LogP contribution in [0.1, 0.15) is 5.56 Å². The second kappa shape index (κ2) is 6.77. The van der Waals surface area contributed by atoms with Crippen LogP contribution in [0.5, 0.6) is 5.75 Å². The van der Waals surface area contributed by atoms with Gasteiger partial charge in [-0.1, -0.05) is 39.7 Å². The summed E-state index contributed by atoms with van der Waals surface area (Å²) >= 11 is 9.38. The molecule has 5 heteroatoms. The van der Waals surface area contributed by atoms with Gasteiger partial charge in [-0.05, 0) is 42.8 Å². The second-order valence-corrected chi connectivity index (χ2v) is 5.49. The van der Waals surface area contributed by atoms with Gasteiger partial charge in [-0.3, -0.25) is 4.79 Å². The number of halogens is 2. The number of amides is 1. The Morgan fingerprint density at radius 3 is 2.75 bits per heavy atom. The molecule has 3 nitrogen and oxygen atoms in total. The number of carbonyl (C=O) groups is 1. The van der Waals surface area contributed by atoms with Crippen LogP contribution < -0.4 is 10.1 Å². The molecule has 1 N–H and O–H groups in total. The third-order valence-corrected chi connectivity index (χ3v) is 3.87. The molecule has 0 saturated carbocycles. The zero-order valence-corrected chi connectivity index (χ0v) is 13.2. The Kier molecular flexibility index (Phi) is 5.04. The monoisotopic (exact) mass is 353 g/mol. The Labute approximate surface area is 131 Å². The second-order valence-electron chi connectivity index (χ2n) is 4.23. The Morgan fingerprint density at radius 1 is 1.30 bits per heavy atom. The summed E-state index contributed by atoms with van der Waals surface area (Å²) in [6, 6.07) is 12.6. The van der Waals surface area contributed by atoms with E-state index in [2.05, 4.69) is 21.2 Å². The fourth-order valence-electron chi connectivity index (χ4n) is 1.60. The third kappa shape index (κ3) is 3.99. The highest BCUT2D eigenvalue weighted by molar-refractivity contribution is 9.10. The van der Waals surface area contributed by atoms with Crippen molar-refractivity contribution in [1.82, 2.24) is 0 Å². The van der Waals surface area contributed by atoms with Gasteiger partial charge in [0.2, 0.25) is 0 Å². The first-order valence-corrected chi connectivity index (χ1v) is 7.16. The quantitative estimate of drug-likeness (QED) is 0.882. The summed E-state index contributed by atoms with van der Waals surface area (Å²) in [5.41, 5.74) is 1.63. The molecular weight excluding hydrogens is 342 g/mol. The van der Waals surface area contributed by atoms with Crippen LogP contribution in [0.25, 0.3) is 0 Å². The Balaban J connectivity index is 1.92. The summed E-state index contributed by atoms with van der Waals surface area (Å²) in [6.07, 6.45) is 0. The van der Waals surface area contributed by atoms with Gasteiger partial charge in [0.25, 0.3) is 5.91 Å². The molecule has 2 rings (SSSR count). The van der Waals surface area contributed by atoms with Crippen molar-refractivity contribution < 1.29 is 9.53 Å². The average molecular weight is 355 g/mol. The van der Waals surface area contributed by atoms with Crippen molar-refractivity contribution in [2.24, 2.45) is 0 Å². The number of ether oxygens (including phenoxy) is 1. The lowest BCUT2D eigenvalue weighted by atomic mass is 10.2. The average Bonchev–Trinajstić information content (AvgIpc) is 2.43. The molecule has 0 heterocycles. The molecule has 0 unspecified atom stereocenters. The molecule has 104 valence electrons. The fourth-order valence-corrected chi connectivity index (χ4v) is 2.03. The van der Waals surface area contributed by atoms with Crippen LogP contribution in [0, 0.1) is 6.92 Å². The number of benzene rings is 2. The third-order valence-electron chi connectivity index (χ3n) is 2.65. The molecule has 2 aromatic carbocycles. The summed E-state index contributed by atoms with van der Waals surface area (Å²) in [4.78, 5) is 11.8. The van der Waals surface area contributed by atoms with Gasteiger partial charge in [0.1, 0.15) is 5.75 Å². The van der Waals surface area contributed by atoms with E-state index in [-0.39, 0.29) is 12.5 Å². The molecule has 0 atom stereocenters. The predicted octanol–water partition coefficient (Wildman–Crippen LogP) is 4.43. The molecule has 0 fully saturated rings. The number of rotatable bonds is 4. The van der Waals surface area contributed by atoms with E-state index in [0.717, 1.165) is 10.0 Å². The van der Waals surface area contributed by atoms with E-state index in [9.17, 15) is 4.79 Å². The molecule has 0 bridgehead atoms. The highest BCUT2D eigenvalue weighted by Gasteiger charge is 2.06. The van der Waals surface area contributed by atoms with Gasteiger partial charge in [0.15, 0.2) is 6.61 Å². The molecule has 0 aliphatic carbocycles. The summed E-state index contributed by atoms with van der Waals surface area (Å²) in [5.74, 6) is 0.402. The lowest BCUT2D eigenvalue weighted by Crippen LogP contribution is -2.20. The number of aryl methyl sites for hydroxylation is 1. The SMILES string of the molecule is Cc1cc(OCC(=O)Nc2ccccc2Cl)ccc1Br. The topological polar surface area (TPSA) is 38.3 Å². The molecule has 0 aromatic heterocycles. The smallest absolute Gasteiger partial charge is 0.262 e. The summed E-state index contributed by atoms with van der Waals surface area (Å²) in [7, 11) is 0. The van der Waals surface area contributed by atoms with Crippen molar-refractivity contribution in [2.45, 2.75) is 6.92 Å². The van der Waals surface area contributed by atoms with Gasteiger partial charge in [-0.15, -0.1) is 0 Å². The first-order valence-electron chi connectivity index (χ1n) is 5.99. The maximum atomic E-state index is 11.8. The molecule has 0 aliphatic heterocycles. The Bertz CT molecular complexity index is 631. The predicted molar refractivity (Wildman–Crippen MR) is 84.5 cm³/mol. The van der Waals surface area contributed by atoms with E-state index in [1.807, 2.05) is 19.1 Å². The van der Waals surface area contributed by atoms with E-state index < -0.39 is 0 Å². The van der Waals surface area contributed by atoms with E-state index in [1.165, 1.54) is 0 Å². The van der Waals surface area contributed by atoms with Gasteiger partial charge in [-0.25, -0.2) is 0 Å².